The number of hydrogen-bond donors (Lipinski definition) is 2. The number of benzene rings is 2. The van der Waals surface area contributed by atoms with E-state index in [9.17, 15) is 32.7 Å². The van der Waals surface area contributed by atoms with Crippen LogP contribution in [-0.4, -0.2) is 59.9 Å². The van der Waals surface area contributed by atoms with Crippen molar-refractivity contribution in [3.63, 3.8) is 0 Å². The Balaban J connectivity index is 1.71. The van der Waals surface area contributed by atoms with Gasteiger partial charge in [-0.1, -0.05) is 61.9 Å². The van der Waals surface area contributed by atoms with Gasteiger partial charge in [0.1, 0.15) is 19.2 Å². The van der Waals surface area contributed by atoms with E-state index in [4.69, 9.17) is 4.74 Å². The molecule has 188 valence electrons. The zero-order chi connectivity index (χ0) is 25.6. The average molecular weight is 492 g/mol. The molecule has 1 atom stereocenters. The fourth-order valence-electron chi connectivity index (χ4n) is 4.21. The van der Waals surface area contributed by atoms with Crippen LogP contribution >= 0.6 is 0 Å². The molecule has 1 aliphatic carbocycles. The molecule has 0 saturated carbocycles. The van der Waals surface area contributed by atoms with Crippen molar-refractivity contribution < 1.29 is 37.4 Å². The largest absolute Gasteiger partial charge is 0.481 e. The summed E-state index contributed by atoms with van der Waals surface area (Å²) in [6.07, 6.45) is -5.78. The third kappa shape index (κ3) is 6.74. The maximum atomic E-state index is 13.0. The van der Waals surface area contributed by atoms with E-state index in [1.165, 1.54) is 0 Å². The van der Waals surface area contributed by atoms with Crippen molar-refractivity contribution in [2.75, 3.05) is 19.7 Å². The van der Waals surface area contributed by atoms with Crippen molar-refractivity contribution >= 4 is 18.0 Å². The number of aliphatic carboxylic acids is 1. The molecule has 0 fully saturated rings. The Bertz CT molecular complexity index is 1030. The minimum absolute atomic E-state index is 0.0874. The van der Waals surface area contributed by atoms with Gasteiger partial charge in [0, 0.05) is 12.5 Å². The van der Waals surface area contributed by atoms with Crippen molar-refractivity contribution in [2.45, 2.75) is 44.3 Å². The van der Waals surface area contributed by atoms with Crippen LogP contribution in [0.2, 0.25) is 0 Å². The molecule has 1 unspecified atom stereocenters. The van der Waals surface area contributed by atoms with Gasteiger partial charge in [-0.3, -0.25) is 9.59 Å². The minimum Gasteiger partial charge on any atom is -0.481 e. The predicted octanol–water partition coefficient (Wildman–Crippen LogP) is 4.56. The van der Waals surface area contributed by atoms with Gasteiger partial charge in [-0.05, 0) is 28.7 Å². The van der Waals surface area contributed by atoms with Crippen LogP contribution in [0.4, 0.5) is 18.0 Å². The van der Waals surface area contributed by atoms with Gasteiger partial charge in [0.05, 0.1) is 6.42 Å². The summed E-state index contributed by atoms with van der Waals surface area (Å²) >= 11 is 0. The molecular formula is C25H27F3N2O5. The first kappa shape index (κ1) is 26.1. The van der Waals surface area contributed by atoms with E-state index in [2.05, 4.69) is 5.32 Å². The number of carbonyl (C=O) groups excluding carboxylic acids is 2. The molecule has 1 aliphatic rings. The lowest BCUT2D eigenvalue weighted by Gasteiger charge is -2.28. The van der Waals surface area contributed by atoms with Gasteiger partial charge in [-0.25, -0.2) is 4.79 Å². The molecule has 0 bridgehead atoms. The first-order valence-electron chi connectivity index (χ1n) is 11.3. The van der Waals surface area contributed by atoms with Gasteiger partial charge in [0.2, 0.25) is 5.91 Å². The number of fused-ring (bicyclic) bond motifs is 3. The molecule has 0 aliphatic heterocycles. The topological polar surface area (TPSA) is 95.9 Å². The first-order chi connectivity index (χ1) is 16.6. The highest BCUT2D eigenvalue weighted by molar-refractivity contribution is 5.89. The van der Waals surface area contributed by atoms with Crippen LogP contribution in [0.25, 0.3) is 11.1 Å². The van der Waals surface area contributed by atoms with E-state index in [0.29, 0.717) is 17.7 Å². The smallest absolute Gasteiger partial charge is 0.407 e. The summed E-state index contributed by atoms with van der Waals surface area (Å²) in [4.78, 5) is 37.1. The Kier molecular flexibility index (Phi) is 8.37. The summed E-state index contributed by atoms with van der Waals surface area (Å²) in [5, 5.41) is 11.3. The Hall–Kier alpha value is -3.56. The molecule has 2 aromatic rings. The van der Waals surface area contributed by atoms with Crippen LogP contribution in [0, 0.1) is 0 Å². The van der Waals surface area contributed by atoms with Crippen LogP contribution < -0.4 is 5.32 Å². The van der Waals surface area contributed by atoms with Crippen LogP contribution in [0.15, 0.2) is 48.5 Å². The van der Waals surface area contributed by atoms with E-state index in [0.717, 1.165) is 22.3 Å². The van der Waals surface area contributed by atoms with E-state index < -0.39 is 43.2 Å². The predicted molar refractivity (Wildman–Crippen MR) is 122 cm³/mol. The molecule has 2 aromatic carbocycles. The summed E-state index contributed by atoms with van der Waals surface area (Å²) in [5.41, 5.74) is 3.93. The Morgan fingerprint density at radius 2 is 1.63 bits per heavy atom. The zero-order valence-corrected chi connectivity index (χ0v) is 19.2. The first-order valence-corrected chi connectivity index (χ1v) is 11.3. The molecule has 35 heavy (non-hydrogen) atoms. The molecule has 0 spiro atoms. The lowest BCUT2D eigenvalue weighted by atomic mass is 9.98. The fraction of sp³-hybridized carbons (Fsp3) is 0.400. The second-order valence-corrected chi connectivity index (χ2v) is 8.35. The maximum Gasteiger partial charge on any atom is 0.407 e. The number of halogens is 3. The number of amides is 2. The van der Waals surface area contributed by atoms with Crippen LogP contribution in [0.5, 0.6) is 0 Å². The minimum atomic E-state index is -4.67. The average Bonchev–Trinajstić information content (AvgIpc) is 3.12. The Morgan fingerprint density at radius 1 is 1.06 bits per heavy atom. The van der Waals surface area contributed by atoms with E-state index in [1.54, 1.807) is 6.92 Å². The number of carbonyl (C=O) groups is 3. The summed E-state index contributed by atoms with van der Waals surface area (Å²) in [5.74, 6) is -2.83. The summed E-state index contributed by atoms with van der Waals surface area (Å²) in [6, 6.07) is 13.6. The Labute approximate surface area is 200 Å². The van der Waals surface area contributed by atoms with Gasteiger partial charge in [-0.15, -0.1) is 0 Å². The second kappa shape index (κ2) is 11.2. The molecule has 0 heterocycles. The highest BCUT2D eigenvalue weighted by atomic mass is 19.4. The van der Waals surface area contributed by atoms with Crippen molar-refractivity contribution in [2.24, 2.45) is 0 Å². The SMILES string of the molecule is CCCCN(CC(F)(F)F)C(=O)C(CC(=O)O)NC(=O)OCC1c2ccccc2-c2ccccc21. The lowest BCUT2D eigenvalue weighted by molar-refractivity contribution is -0.163. The number of alkyl carbamates (subject to hydrolysis) is 1. The quantitative estimate of drug-likeness (QED) is 0.507. The highest BCUT2D eigenvalue weighted by Crippen LogP contribution is 2.44. The lowest BCUT2D eigenvalue weighted by Crippen LogP contribution is -2.52. The van der Waals surface area contributed by atoms with Crippen LogP contribution in [-0.2, 0) is 14.3 Å². The number of carboxylic acid groups (broad SMARTS) is 1. The molecule has 3 rings (SSSR count). The number of nitrogens with zero attached hydrogens (tertiary/aromatic N) is 1. The van der Waals surface area contributed by atoms with E-state index in [1.807, 2.05) is 48.5 Å². The number of rotatable bonds is 10. The fourth-order valence-corrected chi connectivity index (χ4v) is 4.21. The third-order valence-corrected chi connectivity index (χ3v) is 5.78. The number of nitrogens with one attached hydrogen (secondary N) is 1. The van der Waals surface area contributed by atoms with Gasteiger partial charge in [0.15, 0.2) is 0 Å². The van der Waals surface area contributed by atoms with Gasteiger partial charge in [-0.2, -0.15) is 13.2 Å². The van der Waals surface area contributed by atoms with E-state index >= 15 is 0 Å². The van der Waals surface area contributed by atoms with E-state index in [-0.39, 0.29) is 19.1 Å². The zero-order valence-electron chi connectivity index (χ0n) is 19.2. The number of alkyl halides is 3. The molecule has 0 radical (unpaired) electrons. The summed E-state index contributed by atoms with van der Waals surface area (Å²) in [6.45, 7) is -0.0818. The second-order valence-electron chi connectivity index (χ2n) is 8.35. The molecule has 2 N–H and O–H groups in total. The van der Waals surface area contributed by atoms with Gasteiger partial charge >= 0.3 is 18.2 Å². The normalized spacial score (nSPS) is 13.5. The molecule has 0 saturated heterocycles. The third-order valence-electron chi connectivity index (χ3n) is 5.78. The molecule has 2 amide bonds. The number of ether oxygens (including phenoxy) is 1. The Morgan fingerprint density at radius 3 is 2.14 bits per heavy atom. The summed E-state index contributed by atoms with van der Waals surface area (Å²) in [7, 11) is 0. The van der Waals surface area contributed by atoms with Gasteiger partial charge in [0.25, 0.3) is 0 Å². The van der Waals surface area contributed by atoms with Crippen LogP contribution in [0.1, 0.15) is 43.2 Å². The van der Waals surface area contributed by atoms with Crippen molar-refractivity contribution in [3.05, 3.63) is 59.7 Å². The monoisotopic (exact) mass is 492 g/mol. The molecule has 7 nitrogen and oxygen atoms in total. The molecule has 0 aromatic heterocycles. The van der Waals surface area contributed by atoms with Crippen LogP contribution in [0.3, 0.4) is 0 Å². The summed E-state index contributed by atoms with van der Waals surface area (Å²) < 4.78 is 44.3. The standard InChI is InChI=1S/C25H27F3N2O5/c1-2-3-12-30(15-25(26,27)28)23(33)21(13-22(31)32)29-24(34)35-14-20-18-10-6-4-8-16(18)17-9-5-7-11-19(17)20/h4-11,20-21H,2-3,12-15H2,1H3,(H,29,34)(H,31,32). The maximum absolute atomic E-state index is 13.0. The molecular weight excluding hydrogens is 465 g/mol. The number of unbranched alkanes of at least 4 members (excludes halogenated alkanes) is 1. The number of hydrogen-bond acceptors (Lipinski definition) is 4. The molecule has 10 heteroatoms. The van der Waals surface area contributed by atoms with Crippen molar-refractivity contribution in [1.82, 2.24) is 10.2 Å². The van der Waals surface area contributed by atoms with Crippen molar-refractivity contribution in [3.8, 4) is 11.1 Å². The number of carboxylic acids is 1. The van der Waals surface area contributed by atoms with Gasteiger partial charge < -0.3 is 20.1 Å². The van der Waals surface area contributed by atoms with Crippen molar-refractivity contribution in [1.29, 1.82) is 0 Å². The highest BCUT2D eigenvalue weighted by Gasteiger charge is 2.37.